The van der Waals surface area contributed by atoms with Crippen molar-refractivity contribution >= 4 is 5.95 Å². The van der Waals surface area contributed by atoms with Crippen molar-refractivity contribution in [1.29, 1.82) is 0 Å². The van der Waals surface area contributed by atoms with Crippen LogP contribution in [0.15, 0.2) is 4.52 Å². The maximum atomic E-state index is 5.87. The minimum Gasteiger partial charge on any atom is -0.338 e. The summed E-state index contributed by atoms with van der Waals surface area (Å²) in [5.41, 5.74) is 6.11. The van der Waals surface area contributed by atoms with Gasteiger partial charge in [-0.1, -0.05) is 6.42 Å². The standard InChI is InChI=1S/C13H22N4O/c14-10-13(5-4-6-13)9-11-15-12(16-18-11)17-7-2-1-3-8-17/h1-10,14H2. The normalized spacial score (nSPS) is 22.8. The van der Waals surface area contributed by atoms with Crippen LogP contribution in [0.1, 0.15) is 44.4 Å². The van der Waals surface area contributed by atoms with Gasteiger partial charge >= 0.3 is 0 Å². The molecule has 5 heteroatoms. The smallest absolute Gasteiger partial charge is 0.266 e. The van der Waals surface area contributed by atoms with Crippen LogP contribution < -0.4 is 10.6 Å². The molecule has 100 valence electrons. The molecule has 1 aliphatic heterocycles. The van der Waals surface area contributed by atoms with E-state index < -0.39 is 0 Å². The van der Waals surface area contributed by atoms with Gasteiger partial charge in [0.25, 0.3) is 5.95 Å². The van der Waals surface area contributed by atoms with Crippen LogP contribution in [0.5, 0.6) is 0 Å². The predicted molar refractivity (Wildman–Crippen MR) is 69.4 cm³/mol. The zero-order valence-electron chi connectivity index (χ0n) is 10.9. The average Bonchev–Trinajstić information content (AvgIpc) is 2.83. The Bertz CT molecular complexity index is 388. The fourth-order valence-electron chi connectivity index (χ4n) is 2.99. The molecular weight excluding hydrogens is 228 g/mol. The van der Waals surface area contributed by atoms with Crippen LogP contribution in [-0.4, -0.2) is 29.8 Å². The van der Waals surface area contributed by atoms with Crippen molar-refractivity contribution in [2.45, 2.75) is 44.9 Å². The Morgan fingerprint density at radius 3 is 2.56 bits per heavy atom. The Morgan fingerprint density at radius 2 is 1.94 bits per heavy atom. The lowest BCUT2D eigenvalue weighted by atomic mass is 9.67. The molecule has 0 bridgehead atoms. The van der Waals surface area contributed by atoms with E-state index in [2.05, 4.69) is 15.0 Å². The highest BCUT2D eigenvalue weighted by Crippen LogP contribution is 2.42. The molecule has 1 aromatic rings. The highest BCUT2D eigenvalue weighted by Gasteiger charge is 2.37. The number of hydrogen-bond acceptors (Lipinski definition) is 5. The van der Waals surface area contributed by atoms with Gasteiger partial charge in [-0.15, -0.1) is 0 Å². The van der Waals surface area contributed by atoms with Crippen LogP contribution in [0, 0.1) is 5.41 Å². The summed E-state index contributed by atoms with van der Waals surface area (Å²) in [5, 5.41) is 4.12. The molecule has 18 heavy (non-hydrogen) atoms. The number of hydrogen-bond donors (Lipinski definition) is 1. The van der Waals surface area contributed by atoms with E-state index in [0.717, 1.165) is 37.9 Å². The molecule has 0 unspecified atom stereocenters. The molecule has 2 heterocycles. The summed E-state index contributed by atoms with van der Waals surface area (Å²) >= 11 is 0. The van der Waals surface area contributed by atoms with Gasteiger partial charge in [0.05, 0.1) is 0 Å². The molecule has 1 saturated heterocycles. The highest BCUT2D eigenvalue weighted by molar-refractivity contribution is 5.28. The summed E-state index contributed by atoms with van der Waals surface area (Å²) < 4.78 is 5.39. The first kappa shape index (κ1) is 12.0. The number of nitrogens with two attached hydrogens (primary N) is 1. The molecule has 0 amide bonds. The zero-order valence-corrected chi connectivity index (χ0v) is 10.9. The van der Waals surface area contributed by atoms with Crippen LogP contribution >= 0.6 is 0 Å². The van der Waals surface area contributed by atoms with Crippen molar-refractivity contribution in [1.82, 2.24) is 10.1 Å². The zero-order chi connectivity index (χ0) is 12.4. The Morgan fingerprint density at radius 1 is 1.17 bits per heavy atom. The topological polar surface area (TPSA) is 68.2 Å². The molecule has 0 aromatic carbocycles. The molecular formula is C13H22N4O. The van der Waals surface area contributed by atoms with Gasteiger partial charge in [-0.3, -0.25) is 0 Å². The van der Waals surface area contributed by atoms with Gasteiger partial charge in [0.15, 0.2) is 0 Å². The fourth-order valence-corrected chi connectivity index (χ4v) is 2.99. The summed E-state index contributed by atoms with van der Waals surface area (Å²) in [6.45, 7) is 2.84. The minimum atomic E-state index is 0.242. The molecule has 0 radical (unpaired) electrons. The van der Waals surface area contributed by atoms with Gasteiger partial charge < -0.3 is 15.2 Å². The van der Waals surface area contributed by atoms with E-state index in [9.17, 15) is 0 Å². The van der Waals surface area contributed by atoms with E-state index in [0.29, 0.717) is 0 Å². The van der Waals surface area contributed by atoms with Crippen molar-refractivity contribution in [3.05, 3.63) is 5.89 Å². The van der Waals surface area contributed by atoms with Gasteiger partial charge in [-0.25, -0.2) is 0 Å². The van der Waals surface area contributed by atoms with Crippen molar-refractivity contribution in [3.63, 3.8) is 0 Å². The highest BCUT2D eigenvalue weighted by atomic mass is 16.5. The minimum absolute atomic E-state index is 0.242. The predicted octanol–water partition coefficient (Wildman–Crippen LogP) is 1.73. The molecule has 0 spiro atoms. The Kier molecular flexibility index (Phi) is 3.24. The van der Waals surface area contributed by atoms with Crippen LogP contribution in [0.4, 0.5) is 5.95 Å². The molecule has 5 nitrogen and oxygen atoms in total. The molecule has 0 atom stereocenters. The average molecular weight is 250 g/mol. The summed E-state index contributed by atoms with van der Waals surface area (Å²) in [6, 6.07) is 0. The first-order chi connectivity index (χ1) is 8.81. The van der Waals surface area contributed by atoms with E-state index in [-0.39, 0.29) is 5.41 Å². The molecule has 3 rings (SSSR count). The van der Waals surface area contributed by atoms with Gasteiger partial charge in [-0.2, -0.15) is 4.98 Å². The van der Waals surface area contributed by atoms with Gasteiger partial charge in [0.2, 0.25) is 5.89 Å². The van der Waals surface area contributed by atoms with Crippen molar-refractivity contribution < 1.29 is 4.52 Å². The number of nitrogens with zero attached hydrogens (tertiary/aromatic N) is 3. The van der Waals surface area contributed by atoms with E-state index >= 15 is 0 Å². The Hall–Kier alpha value is -1.10. The maximum absolute atomic E-state index is 5.87. The van der Waals surface area contributed by atoms with Crippen LogP contribution in [0.2, 0.25) is 0 Å². The molecule has 2 aliphatic rings. The van der Waals surface area contributed by atoms with Crippen molar-refractivity contribution in [2.75, 3.05) is 24.5 Å². The number of anilines is 1. The Labute approximate surface area is 108 Å². The quantitative estimate of drug-likeness (QED) is 0.881. The fraction of sp³-hybridized carbons (Fsp3) is 0.846. The lowest BCUT2D eigenvalue weighted by Crippen LogP contribution is -2.39. The van der Waals surface area contributed by atoms with E-state index in [1.807, 2.05) is 0 Å². The first-order valence-corrected chi connectivity index (χ1v) is 7.09. The second-order valence-corrected chi connectivity index (χ2v) is 5.77. The molecule has 2 N–H and O–H groups in total. The Balaban J connectivity index is 1.65. The lowest BCUT2D eigenvalue weighted by molar-refractivity contribution is 0.129. The van der Waals surface area contributed by atoms with E-state index in [4.69, 9.17) is 10.3 Å². The van der Waals surface area contributed by atoms with Crippen LogP contribution in [0.25, 0.3) is 0 Å². The summed E-state index contributed by atoms with van der Waals surface area (Å²) in [6.07, 6.45) is 8.31. The molecule has 1 aliphatic carbocycles. The van der Waals surface area contributed by atoms with E-state index in [1.165, 1.54) is 38.5 Å². The van der Waals surface area contributed by atoms with Gasteiger partial charge in [0, 0.05) is 19.5 Å². The summed E-state index contributed by atoms with van der Waals surface area (Å²) in [7, 11) is 0. The number of aromatic nitrogens is 2. The summed E-state index contributed by atoms with van der Waals surface area (Å²) in [4.78, 5) is 6.77. The molecule has 1 saturated carbocycles. The second-order valence-electron chi connectivity index (χ2n) is 5.77. The third-order valence-corrected chi connectivity index (χ3v) is 4.47. The van der Waals surface area contributed by atoms with Crippen LogP contribution in [0.3, 0.4) is 0 Å². The third-order valence-electron chi connectivity index (χ3n) is 4.47. The van der Waals surface area contributed by atoms with Gasteiger partial charge in [-0.05, 0) is 49.2 Å². The van der Waals surface area contributed by atoms with Crippen LogP contribution in [-0.2, 0) is 6.42 Å². The summed E-state index contributed by atoms with van der Waals surface area (Å²) in [5.74, 6) is 1.54. The molecule has 2 fully saturated rings. The number of rotatable bonds is 4. The second kappa shape index (κ2) is 4.88. The third kappa shape index (κ3) is 2.23. The van der Waals surface area contributed by atoms with E-state index in [1.54, 1.807) is 0 Å². The monoisotopic (exact) mass is 250 g/mol. The largest absolute Gasteiger partial charge is 0.338 e. The maximum Gasteiger partial charge on any atom is 0.266 e. The van der Waals surface area contributed by atoms with Crippen molar-refractivity contribution in [3.8, 4) is 0 Å². The number of piperidine rings is 1. The van der Waals surface area contributed by atoms with Crippen molar-refractivity contribution in [2.24, 2.45) is 11.1 Å². The SMILES string of the molecule is NCC1(Cc2nc(N3CCCCC3)no2)CCC1. The first-order valence-electron chi connectivity index (χ1n) is 7.09. The molecule has 1 aromatic heterocycles. The van der Waals surface area contributed by atoms with Gasteiger partial charge in [0.1, 0.15) is 0 Å². The lowest BCUT2D eigenvalue weighted by Gasteiger charge is -2.39.